The molecule has 0 unspecified atom stereocenters. The van der Waals surface area contributed by atoms with Crippen LogP contribution in [-0.4, -0.2) is 5.91 Å². The fourth-order valence-electron chi connectivity index (χ4n) is 1.96. The smallest absolute Gasteiger partial charge is 0.217 e. The monoisotopic (exact) mass is 189 g/mol. The van der Waals surface area contributed by atoms with E-state index >= 15 is 0 Å². The molecule has 0 spiro atoms. The lowest BCUT2D eigenvalue weighted by Crippen LogP contribution is -2.18. The summed E-state index contributed by atoms with van der Waals surface area (Å²) in [5.41, 5.74) is 4.16. The van der Waals surface area contributed by atoms with Crippen LogP contribution in [0.5, 0.6) is 0 Å². The molecule has 14 heavy (non-hydrogen) atoms. The fourth-order valence-corrected chi connectivity index (χ4v) is 1.96. The summed E-state index contributed by atoms with van der Waals surface area (Å²) in [5.74, 6) is 0.0329. The Morgan fingerprint density at radius 2 is 2.14 bits per heavy atom. The maximum Gasteiger partial charge on any atom is 0.217 e. The Labute approximate surface area is 84.3 Å². The van der Waals surface area contributed by atoms with Crippen LogP contribution in [0.4, 0.5) is 0 Å². The van der Waals surface area contributed by atoms with Gasteiger partial charge in [0.25, 0.3) is 0 Å². The van der Waals surface area contributed by atoms with E-state index in [4.69, 9.17) is 0 Å². The molecule has 0 saturated carbocycles. The van der Waals surface area contributed by atoms with Crippen LogP contribution in [0.15, 0.2) is 18.2 Å². The van der Waals surface area contributed by atoms with Gasteiger partial charge in [0, 0.05) is 13.5 Å². The molecule has 0 fully saturated rings. The van der Waals surface area contributed by atoms with E-state index in [1.54, 1.807) is 6.92 Å². The van der Waals surface area contributed by atoms with Crippen molar-refractivity contribution in [3.63, 3.8) is 0 Å². The number of benzene rings is 1. The highest BCUT2D eigenvalue weighted by Crippen LogP contribution is 2.22. The average Bonchev–Trinajstić information content (AvgIpc) is 2.61. The molecular formula is C12H15NO. The molecule has 2 rings (SSSR count). The molecule has 0 heterocycles. The topological polar surface area (TPSA) is 29.1 Å². The standard InChI is InChI=1S/C12H15NO/c1-9(14)13-8-10-5-6-11-3-2-4-12(11)7-10/h5-7H,2-4,8H2,1H3,(H,13,14). The van der Waals surface area contributed by atoms with Gasteiger partial charge in [-0.1, -0.05) is 18.2 Å². The molecule has 1 aromatic carbocycles. The summed E-state index contributed by atoms with van der Waals surface area (Å²) >= 11 is 0. The van der Waals surface area contributed by atoms with Crippen LogP contribution in [0.2, 0.25) is 0 Å². The lowest BCUT2D eigenvalue weighted by molar-refractivity contribution is -0.119. The molecule has 0 saturated heterocycles. The van der Waals surface area contributed by atoms with E-state index in [1.807, 2.05) is 0 Å². The van der Waals surface area contributed by atoms with Crippen molar-refractivity contribution >= 4 is 5.91 Å². The number of hydrogen-bond acceptors (Lipinski definition) is 1. The van der Waals surface area contributed by atoms with Crippen LogP contribution in [-0.2, 0) is 24.2 Å². The summed E-state index contributed by atoms with van der Waals surface area (Å²) in [5, 5.41) is 2.81. The van der Waals surface area contributed by atoms with Gasteiger partial charge in [-0.2, -0.15) is 0 Å². The fraction of sp³-hybridized carbons (Fsp3) is 0.417. The second-order valence-electron chi connectivity index (χ2n) is 3.87. The van der Waals surface area contributed by atoms with Gasteiger partial charge in [-0.25, -0.2) is 0 Å². The highest BCUT2D eigenvalue weighted by Gasteiger charge is 2.10. The first-order valence-corrected chi connectivity index (χ1v) is 5.11. The molecular weight excluding hydrogens is 174 g/mol. The largest absolute Gasteiger partial charge is 0.352 e. The van der Waals surface area contributed by atoms with Crippen LogP contribution >= 0.6 is 0 Å². The average molecular weight is 189 g/mol. The molecule has 0 radical (unpaired) electrons. The number of amides is 1. The second-order valence-corrected chi connectivity index (χ2v) is 3.87. The zero-order valence-electron chi connectivity index (χ0n) is 8.47. The molecule has 1 aromatic rings. The van der Waals surface area contributed by atoms with Crippen molar-refractivity contribution in [3.8, 4) is 0 Å². The minimum absolute atomic E-state index is 0.0329. The van der Waals surface area contributed by atoms with Gasteiger partial charge in [-0.15, -0.1) is 0 Å². The first-order chi connectivity index (χ1) is 6.75. The first-order valence-electron chi connectivity index (χ1n) is 5.11. The summed E-state index contributed by atoms with van der Waals surface area (Å²) < 4.78 is 0. The second kappa shape index (κ2) is 3.82. The molecule has 2 nitrogen and oxygen atoms in total. The molecule has 1 N–H and O–H groups in total. The van der Waals surface area contributed by atoms with Gasteiger partial charge in [0.05, 0.1) is 0 Å². The van der Waals surface area contributed by atoms with E-state index in [1.165, 1.54) is 36.0 Å². The number of aryl methyl sites for hydroxylation is 2. The third kappa shape index (κ3) is 1.95. The number of hydrogen-bond donors (Lipinski definition) is 1. The van der Waals surface area contributed by atoms with E-state index in [9.17, 15) is 4.79 Å². The Kier molecular flexibility index (Phi) is 2.53. The highest BCUT2D eigenvalue weighted by atomic mass is 16.1. The van der Waals surface area contributed by atoms with Gasteiger partial charge in [-0.05, 0) is 36.0 Å². The quantitative estimate of drug-likeness (QED) is 0.755. The van der Waals surface area contributed by atoms with E-state index in [0.29, 0.717) is 6.54 Å². The number of carbonyl (C=O) groups excluding carboxylic acids is 1. The Morgan fingerprint density at radius 1 is 1.36 bits per heavy atom. The Balaban J connectivity index is 2.09. The molecule has 74 valence electrons. The molecule has 0 aromatic heterocycles. The Bertz CT molecular complexity index is 357. The lowest BCUT2D eigenvalue weighted by atomic mass is 10.1. The zero-order valence-corrected chi connectivity index (χ0v) is 8.47. The lowest BCUT2D eigenvalue weighted by Gasteiger charge is -2.05. The Hall–Kier alpha value is -1.31. The number of rotatable bonds is 2. The molecule has 1 amide bonds. The van der Waals surface area contributed by atoms with Crippen LogP contribution in [0, 0.1) is 0 Å². The van der Waals surface area contributed by atoms with Crippen molar-refractivity contribution in [1.29, 1.82) is 0 Å². The number of nitrogens with one attached hydrogen (secondary N) is 1. The third-order valence-electron chi connectivity index (χ3n) is 2.70. The van der Waals surface area contributed by atoms with Crippen molar-refractivity contribution in [1.82, 2.24) is 5.32 Å². The minimum Gasteiger partial charge on any atom is -0.352 e. The first kappa shape index (κ1) is 9.25. The predicted molar refractivity (Wildman–Crippen MR) is 56.0 cm³/mol. The van der Waals surface area contributed by atoms with E-state index in [-0.39, 0.29) is 5.91 Å². The van der Waals surface area contributed by atoms with E-state index < -0.39 is 0 Å². The summed E-state index contributed by atoms with van der Waals surface area (Å²) in [6.07, 6.45) is 3.69. The van der Waals surface area contributed by atoms with Gasteiger partial charge in [0.15, 0.2) is 0 Å². The van der Waals surface area contributed by atoms with Crippen molar-refractivity contribution in [3.05, 3.63) is 34.9 Å². The van der Waals surface area contributed by atoms with Gasteiger partial charge in [-0.3, -0.25) is 4.79 Å². The molecule has 1 aliphatic rings. The SMILES string of the molecule is CC(=O)NCc1ccc2c(c1)CCC2. The van der Waals surface area contributed by atoms with Gasteiger partial charge >= 0.3 is 0 Å². The van der Waals surface area contributed by atoms with Crippen molar-refractivity contribution in [2.45, 2.75) is 32.7 Å². The molecule has 0 atom stereocenters. The summed E-state index contributed by atoms with van der Waals surface area (Å²) in [6.45, 7) is 2.20. The number of fused-ring (bicyclic) bond motifs is 1. The maximum absolute atomic E-state index is 10.7. The molecule has 0 aliphatic heterocycles. The third-order valence-corrected chi connectivity index (χ3v) is 2.70. The molecule has 1 aliphatic carbocycles. The molecule has 2 heteroatoms. The van der Waals surface area contributed by atoms with Crippen LogP contribution in [0.3, 0.4) is 0 Å². The zero-order chi connectivity index (χ0) is 9.97. The summed E-state index contributed by atoms with van der Waals surface area (Å²) in [7, 11) is 0. The highest BCUT2D eigenvalue weighted by molar-refractivity contribution is 5.72. The number of carbonyl (C=O) groups is 1. The van der Waals surface area contributed by atoms with E-state index in [2.05, 4.69) is 23.5 Å². The Morgan fingerprint density at radius 3 is 2.93 bits per heavy atom. The van der Waals surface area contributed by atoms with E-state index in [0.717, 1.165) is 0 Å². The van der Waals surface area contributed by atoms with Crippen LogP contribution in [0.1, 0.15) is 30.0 Å². The normalized spacial score (nSPS) is 13.8. The van der Waals surface area contributed by atoms with Crippen LogP contribution in [0.25, 0.3) is 0 Å². The predicted octanol–water partition coefficient (Wildman–Crippen LogP) is 1.81. The van der Waals surface area contributed by atoms with Gasteiger partial charge in [0.2, 0.25) is 5.91 Å². The minimum atomic E-state index is 0.0329. The van der Waals surface area contributed by atoms with Crippen LogP contribution < -0.4 is 5.32 Å². The van der Waals surface area contributed by atoms with Gasteiger partial charge < -0.3 is 5.32 Å². The maximum atomic E-state index is 10.7. The van der Waals surface area contributed by atoms with Crippen molar-refractivity contribution in [2.24, 2.45) is 0 Å². The van der Waals surface area contributed by atoms with Gasteiger partial charge in [0.1, 0.15) is 0 Å². The molecule has 0 bridgehead atoms. The summed E-state index contributed by atoms with van der Waals surface area (Å²) in [6, 6.07) is 6.53. The summed E-state index contributed by atoms with van der Waals surface area (Å²) in [4.78, 5) is 10.7. The van der Waals surface area contributed by atoms with Crippen molar-refractivity contribution < 1.29 is 4.79 Å². The van der Waals surface area contributed by atoms with Crippen molar-refractivity contribution in [2.75, 3.05) is 0 Å².